The number of hydrogen-bond acceptors (Lipinski definition) is 4. The third-order valence-electron chi connectivity index (χ3n) is 6.17. The van der Waals surface area contributed by atoms with E-state index >= 15 is 0 Å². The Morgan fingerprint density at radius 1 is 1.03 bits per heavy atom. The molecule has 2 aromatic carbocycles. The number of carbonyl (C=O) groups excluding carboxylic acids is 2. The van der Waals surface area contributed by atoms with E-state index < -0.39 is 0 Å². The minimum Gasteiger partial charge on any atom is -0.481 e. The highest BCUT2D eigenvalue weighted by Crippen LogP contribution is 2.27. The zero-order valence-electron chi connectivity index (χ0n) is 19.1. The summed E-state index contributed by atoms with van der Waals surface area (Å²) < 4.78 is 5.10. The highest BCUT2D eigenvalue weighted by atomic mass is 16.5. The molecule has 2 amide bonds. The van der Waals surface area contributed by atoms with E-state index in [1.165, 1.54) is 6.20 Å². The van der Waals surface area contributed by atoms with Crippen molar-refractivity contribution in [1.82, 2.24) is 14.8 Å². The molecule has 170 valence electrons. The second kappa shape index (κ2) is 10.3. The van der Waals surface area contributed by atoms with Crippen LogP contribution >= 0.6 is 0 Å². The van der Waals surface area contributed by atoms with E-state index in [1.807, 2.05) is 42.2 Å². The van der Waals surface area contributed by atoms with Gasteiger partial charge in [-0.1, -0.05) is 54.6 Å². The molecule has 4 rings (SSSR count). The number of rotatable bonds is 6. The maximum absolute atomic E-state index is 13.4. The van der Waals surface area contributed by atoms with Crippen LogP contribution in [0.25, 0.3) is 11.1 Å². The quantitative estimate of drug-likeness (QED) is 0.579. The smallest absolute Gasteiger partial charge is 0.255 e. The molecule has 1 saturated heterocycles. The second-order valence-corrected chi connectivity index (χ2v) is 8.18. The molecule has 1 aromatic heterocycles. The monoisotopic (exact) mass is 443 g/mol. The molecular weight excluding hydrogens is 414 g/mol. The van der Waals surface area contributed by atoms with Gasteiger partial charge in [0.25, 0.3) is 5.91 Å². The molecule has 6 heteroatoms. The first-order valence-corrected chi connectivity index (χ1v) is 11.3. The van der Waals surface area contributed by atoms with Gasteiger partial charge < -0.3 is 14.5 Å². The molecular formula is C27H29N3O3. The van der Waals surface area contributed by atoms with Crippen molar-refractivity contribution in [3.8, 4) is 17.0 Å². The normalized spacial score (nSPS) is 16.4. The zero-order chi connectivity index (χ0) is 23.2. The van der Waals surface area contributed by atoms with Crippen molar-refractivity contribution < 1.29 is 14.3 Å². The largest absolute Gasteiger partial charge is 0.481 e. The van der Waals surface area contributed by atoms with Gasteiger partial charge in [-0.15, -0.1) is 0 Å². The minimum absolute atomic E-state index is 0.100. The molecule has 1 aliphatic rings. The molecule has 0 N–H and O–H groups in total. The number of likely N-dealkylation sites (N-methyl/N-ethyl adjacent to an activating group) is 1. The molecule has 33 heavy (non-hydrogen) atoms. The number of ether oxygens (including phenoxy) is 1. The first kappa shape index (κ1) is 22.5. The molecule has 1 aliphatic heterocycles. The van der Waals surface area contributed by atoms with E-state index in [0.717, 1.165) is 16.7 Å². The van der Waals surface area contributed by atoms with Gasteiger partial charge in [-0.25, -0.2) is 4.98 Å². The van der Waals surface area contributed by atoms with E-state index in [-0.39, 0.29) is 17.7 Å². The summed E-state index contributed by atoms with van der Waals surface area (Å²) in [5.41, 5.74) is 3.85. The van der Waals surface area contributed by atoms with Gasteiger partial charge in [-0.05, 0) is 36.1 Å². The maximum atomic E-state index is 13.4. The topological polar surface area (TPSA) is 62.7 Å². The highest BCUT2D eigenvalue weighted by Gasteiger charge is 2.32. The fourth-order valence-corrected chi connectivity index (χ4v) is 4.37. The average Bonchev–Trinajstić information content (AvgIpc) is 3.03. The summed E-state index contributed by atoms with van der Waals surface area (Å²) >= 11 is 0. The van der Waals surface area contributed by atoms with Crippen LogP contribution in [0.1, 0.15) is 22.8 Å². The van der Waals surface area contributed by atoms with Gasteiger partial charge in [0.15, 0.2) is 0 Å². The number of aromatic nitrogens is 1. The van der Waals surface area contributed by atoms with Gasteiger partial charge in [0.2, 0.25) is 11.8 Å². The van der Waals surface area contributed by atoms with E-state index in [9.17, 15) is 9.59 Å². The summed E-state index contributed by atoms with van der Waals surface area (Å²) in [4.78, 5) is 34.4. The maximum Gasteiger partial charge on any atom is 0.255 e. The van der Waals surface area contributed by atoms with Crippen LogP contribution in [0.15, 0.2) is 72.9 Å². The Hall–Kier alpha value is -3.67. The first-order valence-electron chi connectivity index (χ1n) is 11.3. The molecule has 1 fully saturated rings. The molecule has 0 aliphatic carbocycles. The predicted molar refractivity (Wildman–Crippen MR) is 128 cm³/mol. The lowest BCUT2D eigenvalue weighted by atomic mass is 9.91. The lowest BCUT2D eigenvalue weighted by Crippen LogP contribution is -2.38. The number of amides is 2. The Balaban J connectivity index is 1.61. The predicted octanol–water partition coefficient (Wildman–Crippen LogP) is 3.92. The zero-order valence-corrected chi connectivity index (χ0v) is 19.1. The van der Waals surface area contributed by atoms with Crippen LogP contribution in [0.3, 0.4) is 0 Å². The summed E-state index contributed by atoms with van der Waals surface area (Å²) in [5, 5.41) is 0. The molecule has 0 spiro atoms. The number of methoxy groups -OCH3 is 1. The molecule has 1 atom stereocenters. The summed E-state index contributed by atoms with van der Waals surface area (Å²) in [6.07, 6.45) is 2.11. The van der Waals surface area contributed by atoms with Gasteiger partial charge >= 0.3 is 0 Å². The molecule has 0 unspecified atom stereocenters. The number of benzene rings is 2. The van der Waals surface area contributed by atoms with Crippen molar-refractivity contribution in [2.45, 2.75) is 13.3 Å². The van der Waals surface area contributed by atoms with Crippen molar-refractivity contribution in [1.29, 1.82) is 0 Å². The Kier molecular flexibility index (Phi) is 7.03. The lowest BCUT2D eigenvalue weighted by molar-refractivity contribution is -0.134. The van der Waals surface area contributed by atoms with Crippen molar-refractivity contribution in [2.24, 2.45) is 5.92 Å². The van der Waals surface area contributed by atoms with Crippen molar-refractivity contribution in [3.05, 3.63) is 84.1 Å². The molecule has 6 nitrogen and oxygen atoms in total. The van der Waals surface area contributed by atoms with Crippen LogP contribution in [-0.4, -0.2) is 59.9 Å². The van der Waals surface area contributed by atoms with Crippen LogP contribution in [0.4, 0.5) is 0 Å². The van der Waals surface area contributed by atoms with Crippen LogP contribution in [0.5, 0.6) is 5.88 Å². The fraction of sp³-hybridized carbons (Fsp3) is 0.296. The van der Waals surface area contributed by atoms with Gasteiger partial charge in [0, 0.05) is 38.4 Å². The van der Waals surface area contributed by atoms with E-state index in [4.69, 9.17) is 4.74 Å². The fourth-order valence-electron chi connectivity index (χ4n) is 4.37. The van der Waals surface area contributed by atoms with Crippen LogP contribution in [0.2, 0.25) is 0 Å². The third-order valence-corrected chi connectivity index (χ3v) is 6.17. The SMILES string of the molecule is CCN1CCN(C(=O)c2ccc(OC)nc2)C[C@@H](Cc2ccccc2-c2ccccc2)C1=O. The number of hydrogen-bond donors (Lipinski definition) is 0. The lowest BCUT2D eigenvalue weighted by Gasteiger charge is -2.24. The number of carbonyl (C=O) groups is 2. The van der Waals surface area contributed by atoms with E-state index in [2.05, 4.69) is 29.2 Å². The van der Waals surface area contributed by atoms with Gasteiger partial charge in [-0.3, -0.25) is 9.59 Å². The van der Waals surface area contributed by atoms with E-state index in [1.54, 1.807) is 24.1 Å². The summed E-state index contributed by atoms with van der Waals surface area (Å²) in [5.74, 6) is 0.137. The van der Waals surface area contributed by atoms with Crippen molar-refractivity contribution in [2.75, 3.05) is 33.3 Å². The van der Waals surface area contributed by atoms with Crippen LogP contribution in [-0.2, 0) is 11.2 Å². The van der Waals surface area contributed by atoms with Gasteiger partial charge in [0.1, 0.15) is 0 Å². The van der Waals surface area contributed by atoms with Crippen LogP contribution < -0.4 is 4.74 Å². The second-order valence-electron chi connectivity index (χ2n) is 8.18. The number of pyridine rings is 1. The van der Waals surface area contributed by atoms with Gasteiger partial charge in [-0.2, -0.15) is 0 Å². The first-order chi connectivity index (χ1) is 16.1. The molecule has 2 heterocycles. The van der Waals surface area contributed by atoms with Crippen molar-refractivity contribution in [3.63, 3.8) is 0 Å². The molecule has 0 saturated carbocycles. The molecule has 3 aromatic rings. The standard InChI is InChI=1S/C27H29N3O3/c1-3-29-15-16-30(26(31)22-13-14-25(33-2)28-18-22)19-23(27(29)32)17-21-11-7-8-12-24(21)20-9-5-4-6-10-20/h4-14,18,23H,3,15-17,19H2,1-2H3/t23-/m1/s1. The van der Waals surface area contributed by atoms with Crippen LogP contribution in [0, 0.1) is 5.92 Å². The Morgan fingerprint density at radius 3 is 2.48 bits per heavy atom. The highest BCUT2D eigenvalue weighted by molar-refractivity contribution is 5.94. The van der Waals surface area contributed by atoms with Crippen molar-refractivity contribution >= 4 is 11.8 Å². The Morgan fingerprint density at radius 2 is 1.79 bits per heavy atom. The number of nitrogens with zero attached hydrogens (tertiary/aromatic N) is 3. The summed E-state index contributed by atoms with van der Waals surface area (Å²) in [6, 6.07) is 21.8. The molecule has 0 radical (unpaired) electrons. The average molecular weight is 444 g/mol. The van der Waals surface area contributed by atoms with Gasteiger partial charge in [0.05, 0.1) is 18.6 Å². The summed E-state index contributed by atoms with van der Waals surface area (Å²) in [7, 11) is 1.54. The minimum atomic E-state index is -0.313. The summed E-state index contributed by atoms with van der Waals surface area (Å²) in [6.45, 7) is 4.02. The third kappa shape index (κ3) is 5.06. The Bertz CT molecular complexity index is 1100. The molecule has 0 bridgehead atoms. The Labute approximate surface area is 194 Å². The van der Waals surface area contributed by atoms with E-state index in [0.29, 0.717) is 44.0 Å².